The van der Waals surface area contributed by atoms with Gasteiger partial charge in [-0.05, 0) is 25.0 Å². The number of nitrogens with zero attached hydrogens (tertiary/aromatic N) is 1. The lowest BCUT2D eigenvalue weighted by atomic mass is 10.1. The fourth-order valence-electron chi connectivity index (χ4n) is 1.97. The summed E-state index contributed by atoms with van der Waals surface area (Å²) in [6.45, 7) is 1.01. The molecule has 1 aliphatic rings. The molecule has 0 radical (unpaired) electrons. The van der Waals surface area contributed by atoms with Crippen LogP contribution in [0.3, 0.4) is 0 Å². The van der Waals surface area contributed by atoms with Crippen molar-refractivity contribution in [1.82, 2.24) is 4.90 Å². The second kappa shape index (κ2) is 5.00. The van der Waals surface area contributed by atoms with Crippen molar-refractivity contribution in [3.63, 3.8) is 0 Å². The predicted molar refractivity (Wildman–Crippen MR) is 61.1 cm³/mol. The first-order chi connectivity index (χ1) is 8.06. The van der Waals surface area contributed by atoms with E-state index in [9.17, 15) is 13.6 Å². The van der Waals surface area contributed by atoms with Crippen molar-refractivity contribution in [1.29, 1.82) is 0 Å². The molecule has 1 aliphatic heterocycles. The Hall–Kier alpha value is -1.16. The molecule has 0 saturated carbocycles. The van der Waals surface area contributed by atoms with Crippen LogP contribution in [0.1, 0.15) is 23.2 Å². The lowest BCUT2D eigenvalue weighted by Gasteiger charge is -2.29. The number of rotatable bonds is 1. The molecule has 2 rings (SSSR count). The highest BCUT2D eigenvalue weighted by Gasteiger charge is 2.23. The van der Waals surface area contributed by atoms with Gasteiger partial charge in [0.1, 0.15) is 11.6 Å². The van der Waals surface area contributed by atoms with E-state index in [-0.39, 0.29) is 16.8 Å². The molecule has 1 saturated heterocycles. The second-order valence-electron chi connectivity index (χ2n) is 4.15. The molecule has 0 spiro atoms. The molecule has 1 aromatic rings. The van der Waals surface area contributed by atoms with E-state index in [1.807, 2.05) is 0 Å². The van der Waals surface area contributed by atoms with Crippen LogP contribution >= 0.6 is 11.6 Å². The summed E-state index contributed by atoms with van der Waals surface area (Å²) in [6.07, 6.45) is 1.68. The second-order valence-corrected chi connectivity index (χ2v) is 4.77. The first-order valence-corrected chi connectivity index (χ1v) is 5.89. The number of benzene rings is 1. The van der Waals surface area contributed by atoms with Crippen molar-refractivity contribution in [2.75, 3.05) is 13.1 Å². The predicted octanol–water partition coefficient (Wildman–Crippen LogP) is 2.81. The fourth-order valence-corrected chi connectivity index (χ4v) is 2.29. The number of amides is 1. The van der Waals surface area contributed by atoms with Crippen molar-refractivity contribution in [3.8, 4) is 0 Å². The molecular weight excluding hydrogens is 248 g/mol. The number of likely N-dealkylation sites (tertiary alicyclic amines) is 1. The molecule has 0 aliphatic carbocycles. The summed E-state index contributed by atoms with van der Waals surface area (Å²) in [5, 5.41) is -0.0777. The highest BCUT2D eigenvalue weighted by molar-refractivity contribution is 6.21. The summed E-state index contributed by atoms with van der Waals surface area (Å²) >= 11 is 5.96. The third-order valence-corrected chi connectivity index (χ3v) is 3.12. The maximum absolute atomic E-state index is 13.0. The topological polar surface area (TPSA) is 20.3 Å². The Morgan fingerprint density at radius 1 is 1.29 bits per heavy atom. The van der Waals surface area contributed by atoms with Crippen molar-refractivity contribution in [2.24, 2.45) is 0 Å². The van der Waals surface area contributed by atoms with Crippen molar-refractivity contribution in [2.45, 2.75) is 18.2 Å². The van der Waals surface area contributed by atoms with Crippen molar-refractivity contribution in [3.05, 3.63) is 35.4 Å². The monoisotopic (exact) mass is 259 g/mol. The Kier molecular flexibility index (Phi) is 3.62. The van der Waals surface area contributed by atoms with Gasteiger partial charge in [-0.1, -0.05) is 0 Å². The molecule has 5 heteroatoms. The molecule has 0 bridgehead atoms. The summed E-state index contributed by atoms with van der Waals surface area (Å²) in [5.74, 6) is -1.85. The Balaban J connectivity index is 2.18. The van der Waals surface area contributed by atoms with Gasteiger partial charge in [0.2, 0.25) is 0 Å². The Bertz CT molecular complexity index is 418. The van der Waals surface area contributed by atoms with E-state index in [1.165, 1.54) is 4.90 Å². The van der Waals surface area contributed by atoms with Crippen LogP contribution < -0.4 is 0 Å². The Morgan fingerprint density at radius 3 is 2.53 bits per heavy atom. The standard InChI is InChI=1S/C12H12ClF2NO/c13-9-2-1-3-16(7-9)12(17)8-4-10(14)6-11(15)5-8/h4-6,9H,1-3,7H2. The molecule has 1 aromatic carbocycles. The van der Waals surface area contributed by atoms with Crippen LogP contribution in [0.2, 0.25) is 0 Å². The largest absolute Gasteiger partial charge is 0.337 e. The molecule has 2 nitrogen and oxygen atoms in total. The minimum atomic E-state index is -0.743. The zero-order chi connectivity index (χ0) is 12.4. The maximum Gasteiger partial charge on any atom is 0.254 e. The van der Waals surface area contributed by atoms with Crippen LogP contribution in [-0.2, 0) is 0 Å². The van der Waals surface area contributed by atoms with Gasteiger partial charge in [-0.15, -0.1) is 11.6 Å². The van der Waals surface area contributed by atoms with E-state index in [2.05, 4.69) is 0 Å². The van der Waals surface area contributed by atoms with Crippen LogP contribution in [0.25, 0.3) is 0 Å². The molecular formula is C12H12ClF2NO. The van der Waals surface area contributed by atoms with E-state index in [0.29, 0.717) is 13.1 Å². The molecule has 1 heterocycles. The third-order valence-electron chi connectivity index (χ3n) is 2.76. The summed E-state index contributed by atoms with van der Waals surface area (Å²) in [6, 6.07) is 2.84. The third kappa shape index (κ3) is 2.94. The van der Waals surface area contributed by atoms with Crippen molar-refractivity contribution < 1.29 is 13.6 Å². The van der Waals surface area contributed by atoms with Crippen LogP contribution in [0.4, 0.5) is 8.78 Å². The van der Waals surface area contributed by atoms with Crippen LogP contribution in [0.15, 0.2) is 18.2 Å². The Morgan fingerprint density at radius 2 is 1.94 bits per heavy atom. The molecule has 0 N–H and O–H groups in total. The van der Waals surface area contributed by atoms with Gasteiger partial charge in [-0.25, -0.2) is 8.78 Å². The van der Waals surface area contributed by atoms with Crippen LogP contribution in [0.5, 0.6) is 0 Å². The number of alkyl halides is 1. The maximum atomic E-state index is 13.0. The summed E-state index contributed by atoms with van der Waals surface area (Å²) in [5.41, 5.74) is 0.0354. The van der Waals surface area contributed by atoms with Gasteiger partial charge < -0.3 is 4.90 Å². The average Bonchev–Trinajstić information content (AvgIpc) is 2.26. The molecule has 1 fully saturated rings. The fraction of sp³-hybridized carbons (Fsp3) is 0.417. The molecule has 17 heavy (non-hydrogen) atoms. The van der Waals surface area contributed by atoms with Crippen LogP contribution in [-0.4, -0.2) is 29.3 Å². The summed E-state index contributed by atoms with van der Waals surface area (Å²) < 4.78 is 26.0. The first-order valence-electron chi connectivity index (χ1n) is 5.45. The zero-order valence-corrected chi connectivity index (χ0v) is 9.88. The molecule has 1 atom stereocenters. The van der Waals surface area contributed by atoms with Crippen LogP contribution in [0, 0.1) is 11.6 Å². The van der Waals surface area contributed by atoms with E-state index >= 15 is 0 Å². The van der Waals surface area contributed by atoms with Gasteiger partial charge in [0, 0.05) is 24.7 Å². The van der Waals surface area contributed by atoms with E-state index in [0.717, 1.165) is 31.0 Å². The SMILES string of the molecule is O=C(c1cc(F)cc(F)c1)N1CCCC(Cl)C1. The van der Waals surface area contributed by atoms with Gasteiger partial charge in [0.05, 0.1) is 5.38 Å². The smallest absolute Gasteiger partial charge is 0.254 e. The van der Waals surface area contributed by atoms with Gasteiger partial charge in [0.15, 0.2) is 0 Å². The summed E-state index contributed by atoms with van der Waals surface area (Å²) in [4.78, 5) is 13.5. The number of piperidine rings is 1. The molecule has 1 unspecified atom stereocenters. The van der Waals surface area contributed by atoms with Gasteiger partial charge >= 0.3 is 0 Å². The number of carbonyl (C=O) groups is 1. The highest BCUT2D eigenvalue weighted by Crippen LogP contribution is 2.18. The number of hydrogen-bond donors (Lipinski definition) is 0. The first kappa shape index (κ1) is 12.3. The van der Waals surface area contributed by atoms with E-state index in [4.69, 9.17) is 11.6 Å². The van der Waals surface area contributed by atoms with E-state index < -0.39 is 11.6 Å². The number of halogens is 3. The lowest BCUT2D eigenvalue weighted by Crippen LogP contribution is -2.40. The van der Waals surface area contributed by atoms with E-state index in [1.54, 1.807) is 0 Å². The number of hydrogen-bond acceptors (Lipinski definition) is 1. The minimum Gasteiger partial charge on any atom is -0.337 e. The van der Waals surface area contributed by atoms with Gasteiger partial charge in [-0.3, -0.25) is 4.79 Å². The molecule has 0 aromatic heterocycles. The molecule has 1 amide bonds. The minimum absolute atomic E-state index is 0.0354. The summed E-state index contributed by atoms with van der Waals surface area (Å²) in [7, 11) is 0. The van der Waals surface area contributed by atoms with Crippen molar-refractivity contribution >= 4 is 17.5 Å². The average molecular weight is 260 g/mol. The normalized spacial score (nSPS) is 20.4. The number of carbonyl (C=O) groups excluding carboxylic acids is 1. The quantitative estimate of drug-likeness (QED) is 0.710. The van der Waals surface area contributed by atoms with Gasteiger partial charge in [0.25, 0.3) is 5.91 Å². The Labute approximate surface area is 103 Å². The highest BCUT2D eigenvalue weighted by atomic mass is 35.5. The lowest BCUT2D eigenvalue weighted by molar-refractivity contribution is 0.0726. The molecule has 92 valence electrons. The zero-order valence-electron chi connectivity index (χ0n) is 9.13. The van der Waals surface area contributed by atoms with Gasteiger partial charge in [-0.2, -0.15) is 0 Å².